The van der Waals surface area contributed by atoms with E-state index < -0.39 is 0 Å². The highest BCUT2D eigenvalue weighted by Gasteiger charge is 2.30. The second kappa shape index (κ2) is 7.14. The number of nitrogens with one attached hydrogen (secondary N) is 1. The summed E-state index contributed by atoms with van der Waals surface area (Å²) in [5, 5.41) is 10.6. The molecular formula is C20H25N7OS. The zero-order chi connectivity index (χ0) is 20.1. The molecule has 0 spiro atoms. The normalized spacial score (nSPS) is 18.8. The quantitative estimate of drug-likeness (QED) is 0.616. The van der Waals surface area contributed by atoms with E-state index in [9.17, 15) is 0 Å². The number of hydrogen-bond donors (Lipinski definition) is 2. The van der Waals surface area contributed by atoms with Crippen LogP contribution in [0.2, 0.25) is 0 Å². The van der Waals surface area contributed by atoms with E-state index in [1.165, 1.54) is 12.8 Å². The summed E-state index contributed by atoms with van der Waals surface area (Å²) in [7, 11) is 1.69. The summed E-state index contributed by atoms with van der Waals surface area (Å²) in [6.07, 6.45) is 5.25. The Morgan fingerprint density at radius 2 is 2.10 bits per heavy atom. The lowest BCUT2D eigenvalue weighted by Gasteiger charge is -2.15. The molecule has 0 unspecified atom stereocenters. The van der Waals surface area contributed by atoms with Crippen molar-refractivity contribution in [2.24, 2.45) is 0 Å². The molecule has 5 rings (SSSR count). The molecule has 1 saturated carbocycles. The lowest BCUT2D eigenvalue weighted by Crippen LogP contribution is -2.34. The summed E-state index contributed by atoms with van der Waals surface area (Å²) < 4.78 is 7.48. The van der Waals surface area contributed by atoms with E-state index in [0.717, 1.165) is 56.5 Å². The molecule has 152 valence electrons. The minimum absolute atomic E-state index is 0.285. The van der Waals surface area contributed by atoms with Gasteiger partial charge in [0.15, 0.2) is 5.65 Å². The molecular weight excluding hydrogens is 386 g/mol. The van der Waals surface area contributed by atoms with Crippen molar-refractivity contribution < 1.29 is 4.74 Å². The van der Waals surface area contributed by atoms with Crippen LogP contribution in [0.1, 0.15) is 35.4 Å². The Labute approximate surface area is 173 Å². The first-order valence-electron chi connectivity index (χ1n) is 9.94. The molecule has 3 aromatic heterocycles. The van der Waals surface area contributed by atoms with E-state index in [1.807, 2.05) is 24.7 Å². The first kappa shape index (κ1) is 18.6. The molecule has 29 heavy (non-hydrogen) atoms. The lowest BCUT2D eigenvalue weighted by atomic mass is 10.1. The lowest BCUT2D eigenvalue weighted by molar-refractivity contribution is 0.406. The van der Waals surface area contributed by atoms with Crippen LogP contribution in [0.4, 0.5) is 5.95 Å². The number of hydrogen-bond acceptors (Lipinski definition) is 8. The maximum Gasteiger partial charge on any atom is 0.223 e. The molecule has 3 N–H and O–H groups in total. The Hall–Kier alpha value is -2.39. The van der Waals surface area contributed by atoms with Gasteiger partial charge in [0.2, 0.25) is 5.95 Å². The van der Waals surface area contributed by atoms with Crippen LogP contribution < -0.4 is 15.8 Å². The van der Waals surface area contributed by atoms with E-state index in [1.54, 1.807) is 18.9 Å². The molecule has 0 aromatic carbocycles. The van der Waals surface area contributed by atoms with E-state index in [-0.39, 0.29) is 5.95 Å². The monoisotopic (exact) mass is 411 g/mol. The van der Waals surface area contributed by atoms with Crippen LogP contribution in [0.25, 0.3) is 11.0 Å². The van der Waals surface area contributed by atoms with Crippen molar-refractivity contribution in [3.8, 4) is 5.75 Å². The van der Waals surface area contributed by atoms with E-state index in [0.29, 0.717) is 18.6 Å². The van der Waals surface area contributed by atoms with Gasteiger partial charge in [0.1, 0.15) is 10.8 Å². The summed E-state index contributed by atoms with van der Waals surface area (Å²) in [6.45, 7) is 4.55. The molecule has 2 aliphatic rings. The molecule has 4 heterocycles. The summed E-state index contributed by atoms with van der Waals surface area (Å²) in [5.41, 5.74) is 10.8. The molecule has 0 bridgehead atoms. The Balaban J connectivity index is 1.56. The van der Waals surface area contributed by atoms with Gasteiger partial charge in [-0.3, -0.25) is 4.98 Å². The third kappa shape index (κ3) is 3.42. The van der Waals surface area contributed by atoms with Crippen molar-refractivity contribution in [3.05, 3.63) is 28.7 Å². The van der Waals surface area contributed by atoms with Crippen LogP contribution in [-0.4, -0.2) is 49.7 Å². The highest BCUT2D eigenvalue weighted by molar-refractivity contribution is 7.99. The van der Waals surface area contributed by atoms with Crippen molar-refractivity contribution in [2.45, 2.75) is 56.8 Å². The second-order valence-corrected chi connectivity index (χ2v) is 8.90. The standard InChI is InChI=1S/C20H25N7OS/c1-10-7-22-15(11(2)17(10)28-3)8-27-18-16-14(26-27)6-13(23-12-4-5-12)9-29-19(16)25-20(21)24-18/h7,12-13,23H,4-6,8-9H2,1-3H3,(H2,21,24,25)/t13-/m1/s1. The van der Waals surface area contributed by atoms with Crippen LogP contribution in [-0.2, 0) is 13.0 Å². The Morgan fingerprint density at radius 3 is 2.86 bits per heavy atom. The molecule has 8 nitrogen and oxygen atoms in total. The molecule has 1 fully saturated rings. The van der Waals surface area contributed by atoms with Gasteiger partial charge in [0.25, 0.3) is 0 Å². The highest BCUT2D eigenvalue weighted by Crippen LogP contribution is 2.35. The van der Waals surface area contributed by atoms with Gasteiger partial charge in [-0.05, 0) is 26.7 Å². The van der Waals surface area contributed by atoms with Gasteiger partial charge in [-0.25, -0.2) is 9.67 Å². The number of aryl methyl sites for hydroxylation is 1. The summed E-state index contributed by atoms with van der Waals surface area (Å²) in [6, 6.07) is 1.04. The summed E-state index contributed by atoms with van der Waals surface area (Å²) in [4.78, 5) is 13.7. The Kier molecular flexibility index (Phi) is 4.59. The van der Waals surface area contributed by atoms with Crippen LogP contribution in [0.5, 0.6) is 5.75 Å². The zero-order valence-electron chi connectivity index (χ0n) is 16.9. The number of nitrogens with zero attached hydrogens (tertiary/aromatic N) is 5. The third-order valence-corrected chi connectivity index (χ3v) is 6.75. The number of aromatic nitrogens is 5. The molecule has 0 radical (unpaired) electrons. The molecule has 1 atom stereocenters. The zero-order valence-corrected chi connectivity index (χ0v) is 17.7. The highest BCUT2D eigenvalue weighted by atomic mass is 32.2. The Morgan fingerprint density at radius 1 is 1.28 bits per heavy atom. The predicted molar refractivity (Wildman–Crippen MR) is 113 cm³/mol. The fraction of sp³-hybridized carbons (Fsp3) is 0.500. The molecule has 0 amide bonds. The molecule has 1 aliphatic heterocycles. The van der Waals surface area contributed by atoms with Gasteiger partial charge in [0.05, 0.1) is 30.4 Å². The number of pyridine rings is 1. The van der Waals surface area contributed by atoms with E-state index in [2.05, 4.69) is 20.3 Å². The van der Waals surface area contributed by atoms with Gasteiger partial charge >= 0.3 is 0 Å². The average molecular weight is 412 g/mol. The maximum absolute atomic E-state index is 6.04. The molecule has 1 aliphatic carbocycles. The van der Waals surface area contributed by atoms with Crippen molar-refractivity contribution in [1.29, 1.82) is 0 Å². The fourth-order valence-corrected chi connectivity index (χ4v) is 5.10. The van der Waals surface area contributed by atoms with Crippen LogP contribution in [0.3, 0.4) is 0 Å². The number of rotatable bonds is 5. The number of methoxy groups -OCH3 is 1. The predicted octanol–water partition coefficient (Wildman–Crippen LogP) is 2.25. The molecule has 9 heteroatoms. The SMILES string of the molecule is COc1c(C)cnc(Cn2nc3c4c(nc(N)nc42)SC[C@H](NC2CC2)C3)c1C. The minimum Gasteiger partial charge on any atom is -0.496 e. The van der Waals surface area contributed by atoms with Crippen molar-refractivity contribution in [2.75, 3.05) is 18.6 Å². The maximum atomic E-state index is 6.04. The first-order valence-corrected chi connectivity index (χ1v) is 10.9. The third-order valence-electron chi connectivity index (χ3n) is 5.61. The summed E-state index contributed by atoms with van der Waals surface area (Å²) >= 11 is 1.74. The summed E-state index contributed by atoms with van der Waals surface area (Å²) in [5.74, 6) is 2.12. The van der Waals surface area contributed by atoms with Crippen LogP contribution in [0, 0.1) is 13.8 Å². The average Bonchev–Trinajstić information content (AvgIpc) is 3.46. The largest absolute Gasteiger partial charge is 0.496 e. The topological polar surface area (TPSA) is 104 Å². The van der Waals surface area contributed by atoms with E-state index in [4.69, 9.17) is 15.6 Å². The smallest absolute Gasteiger partial charge is 0.223 e. The number of ether oxygens (including phenoxy) is 1. The van der Waals surface area contributed by atoms with Crippen molar-refractivity contribution in [3.63, 3.8) is 0 Å². The van der Waals surface area contributed by atoms with Gasteiger partial charge in [-0.2, -0.15) is 10.1 Å². The van der Waals surface area contributed by atoms with Crippen LogP contribution >= 0.6 is 11.8 Å². The van der Waals surface area contributed by atoms with Gasteiger partial charge in [0, 0.05) is 41.6 Å². The van der Waals surface area contributed by atoms with E-state index >= 15 is 0 Å². The number of thioether (sulfide) groups is 1. The number of nitrogens with two attached hydrogens (primary N) is 1. The molecule has 3 aromatic rings. The number of nitrogen functional groups attached to an aromatic ring is 1. The second-order valence-electron chi connectivity index (χ2n) is 7.89. The van der Waals surface area contributed by atoms with Gasteiger partial charge in [-0.15, -0.1) is 11.8 Å². The first-order chi connectivity index (χ1) is 14.0. The fourth-order valence-electron chi connectivity index (χ4n) is 4.02. The minimum atomic E-state index is 0.285. The van der Waals surface area contributed by atoms with Crippen molar-refractivity contribution in [1.82, 2.24) is 30.0 Å². The Bertz CT molecular complexity index is 1090. The van der Waals surface area contributed by atoms with Gasteiger partial charge in [-0.1, -0.05) is 0 Å². The number of anilines is 1. The van der Waals surface area contributed by atoms with Crippen LogP contribution in [0.15, 0.2) is 11.2 Å². The van der Waals surface area contributed by atoms with Crippen molar-refractivity contribution >= 4 is 28.7 Å². The molecule has 0 saturated heterocycles. The van der Waals surface area contributed by atoms with Gasteiger partial charge < -0.3 is 15.8 Å².